The van der Waals surface area contributed by atoms with Crippen molar-refractivity contribution in [3.05, 3.63) is 94.2 Å². The molecule has 0 fully saturated rings. The molecule has 0 spiro atoms. The van der Waals surface area contributed by atoms with Crippen LogP contribution in [-0.4, -0.2) is 32.9 Å². The molecule has 9 heteroatoms. The number of rotatable bonds is 6. The van der Waals surface area contributed by atoms with Crippen LogP contribution in [0.1, 0.15) is 22.3 Å². The maximum atomic E-state index is 12.8. The minimum atomic E-state index is -0.455. The molecule has 1 aliphatic rings. The van der Waals surface area contributed by atoms with E-state index in [-0.39, 0.29) is 11.5 Å². The SMILES string of the molecule is O=C(CSc1nnc([C@@H]2COc3ccccc3O2)n1-c1ccccc1)c1ccc(Cl)cc1Cl. The van der Waals surface area contributed by atoms with Crippen molar-refractivity contribution in [1.29, 1.82) is 0 Å². The third kappa shape index (κ3) is 4.57. The zero-order valence-corrected chi connectivity index (χ0v) is 19.5. The zero-order valence-electron chi connectivity index (χ0n) is 17.2. The highest BCUT2D eigenvalue weighted by atomic mass is 35.5. The van der Waals surface area contributed by atoms with Gasteiger partial charge in [-0.25, -0.2) is 0 Å². The maximum absolute atomic E-state index is 12.8. The molecule has 5 rings (SSSR count). The van der Waals surface area contributed by atoms with Gasteiger partial charge in [0.15, 0.2) is 34.4 Å². The molecule has 4 aromatic rings. The number of fused-ring (bicyclic) bond motifs is 1. The van der Waals surface area contributed by atoms with Gasteiger partial charge in [-0.2, -0.15) is 0 Å². The van der Waals surface area contributed by atoms with E-state index in [1.54, 1.807) is 18.2 Å². The molecule has 0 radical (unpaired) electrons. The Hall–Kier alpha value is -3.00. The Bertz CT molecular complexity index is 1310. The van der Waals surface area contributed by atoms with Gasteiger partial charge in [-0.1, -0.05) is 65.3 Å². The molecule has 0 unspecified atom stereocenters. The average molecular weight is 498 g/mol. The number of ketones is 1. The van der Waals surface area contributed by atoms with Crippen molar-refractivity contribution in [3.8, 4) is 17.2 Å². The number of para-hydroxylation sites is 3. The van der Waals surface area contributed by atoms with Gasteiger partial charge >= 0.3 is 0 Å². The minimum absolute atomic E-state index is 0.128. The summed E-state index contributed by atoms with van der Waals surface area (Å²) in [4.78, 5) is 12.8. The highest BCUT2D eigenvalue weighted by molar-refractivity contribution is 7.99. The van der Waals surface area contributed by atoms with Crippen molar-refractivity contribution in [1.82, 2.24) is 14.8 Å². The largest absolute Gasteiger partial charge is 0.485 e. The van der Waals surface area contributed by atoms with Crippen LogP contribution in [0.5, 0.6) is 11.5 Å². The van der Waals surface area contributed by atoms with Gasteiger partial charge in [-0.3, -0.25) is 9.36 Å². The van der Waals surface area contributed by atoms with Gasteiger partial charge in [-0.15, -0.1) is 10.2 Å². The lowest BCUT2D eigenvalue weighted by Crippen LogP contribution is -2.24. The second-order valence-corrected chi connectivity index (χ2v) is 9.00. The van der Waals surface area contributed by atoms with E-state index in [0.29, 0.717) is 44.7 Å². The number of Topliss-reactive ketones (excluding diaryl/α,β-unsaturated/α-hetero) is 1. The van der Waals surface area contributed by atoms with Gasteiger partial charge in [0.25, 0.3) is 0 Å². The van der Waals surface area contributed by atoms with E-state index in [9.17, 15) is 4.79 Å². The standard InChI is InChI=1S/C24H17Cl2N3O3S/c25-15-10-11-17(18(26)12-15)19(30)14-33-24-28-27-23(29(24)16-6-2-1-3-7-16)22-13-31-20-8-4-5-9-21(20)32-22/h1-12,22H,13-14H2/t22-/m0/s1. The molecule has 0 N–H and O–H groups in total. The second-order valence-electron chi connectivity index (χ2n) is 7.21. The Balaban J connectivity index is 1.44. The Morgan fingerprint density at radius 2 is 1.76 bits per heavy atom. The van der Waals surface area contributed by atoms with E-state index >= 15 is 0 Å². The summed E-state index contributed by atoms with van der Waals surface area (Å²) in [5.74, 6) is 1.95. The number of hydrogen-bond donors (Lipinski definition) is 0. The Kier molecular flexibility index (Phi) is 6.26. The Morgan fingerprint density at radius 1 is 1.00 bits per heavy atom. The van der Waals surface area contributed by atoms with Crippen LogP contribution >= 0.6 is 35.0 Å². The average Bonchev–Trinajstić information content (AvgIpc) is 3.27. The number of thioether (sulfide) groups is 1. The van der Waals surface area contributed by atoms with Crippen molar-refractivity contribution in [2.75, 3.05) is 12.4 Å². The van der Waals surface area contributed by atoms with Crippen molar-refractivity contribution in [3.63, 3.8) is 0 Å². The number of halogens is 2. The first-order valence-electron chi connectivity index (χ1n) is 10.1. The van der Waals surface area contributed by atoms with Crippen LogP contribution in [0.15, 0.2) is 78.0 Å². The smallest absolute Gasteiger partial charge is 0.196 e. The monoisotopic (exact) mass is 497 g/mol. The highest BCUT2D eigenvalue weighted by Gasteiger charge is 2.29. The fraction of sp³-hybridized carbons (Fsp3) is 0.125. The summed E-state index contributed by atoms with van der Waals surface area (Å²) in [6.45, 7) is 0.298. The number of nitrogens with zero attached hydrogens (tertiary/aromatic N) is 3. The summed E-state index contributed by atoms with van der Waals surface area (Å²) >= 11 is 13.4. The van der Waals surface area contributed by atoms with E-state index < -0.39 is 6.10 Å². The van der Waals surface area contributed by atoms with Gasteiger partial charge in [0.2, 0.25) is 0 Å². The van der Waals surface area contributed by atoms with Gasteiger partial charge in [0, 0.05) is 16.3 Å². The lowest BCUT2D eigenvalue weighted by atomic mass is 10.1. The topological polar surface area (TPSA) is 66.2 Å². The summed E-state index contributed by atoms with van der Waals surface area (Å²) in [6, 6.07) is 22.0. The second kappa shape index (κ2) is 9.47. The molecular weight excluding hydrogens is 481 g/mol. The van der Waals surface area contributed by atoms with Crippen LogP contribution in [0.3, 0.4) is 0 Å². The lowest BCUT2D eigenvalue weighted by Gasteiger charge is -2.26. The number of carbonyl (C=O) groups excluding carboxylic acids is 1. The lowest BCUT2D eigenvalue weighted by molar-refractivity contribution is 0.0835. The van der Waals surface area contributed by atoms with Crippen LogP contribution in [-0.2, 0) is 0 Å². The zero-order chi connectivity index (χ0) is 22.8. The van der Waals surface area contributed by atoms with Crippen LogP contribution < -0.4 is 9.47 Å². The third-order valence-electron chi connectivity index (χ3n) is 5.03. The molecule has 1 atom stereocenters. The van der Waals surface area contributed by atoms with E-state index in [4.69, 9.17) is 32.7 Å². The first kappa shape index (κ1) is 21.8. The Morgan fingerprint density at radius 3 is 2.55 bits per heavy atom. The predicted octanol–water partition coefficient (Wildman–Crippen LogP) is 6.06. The van der Waals surface area contributed by atoms with Gasteiger partial charge < -0.3 is 9.47 Å². The fourth-order valence-electron chi connectivity index (χ4n) is 3.47. The van der Waals surface area contributed by atoms with E-state index in [2.05, 4.69) is 10.2 Å². The molecular formula is C24H17Cl2N3O3S. The third-order valence-corrected chi connectivity index (χ3v) is 6.51. The number of benzene rings is 3. The molecule has 0 amide bonds. The predicted molar refractivity (Wildman–Crippen MR) is 128 cm³/mol. The molecule has 3 aromatic carbocycles. The molecule has 1 aliphatic heterocycles. The van der Waals surface area contributed by atoms with Crippen LogP contribution in [0, 0.1) is 0 Å². The Labute approximate surface area is 204 Å². The molecule has 0 aliphatic carbocycles. The summed E-state index contributed by atoms with van der Waals surface area (Å²) in [5.41, 5.74) is 1.28. The summed E-state index contributed by atoms with van der Waals surface area (Å²) in [5, 5.41) is 10.1. The minimum Gasteiger partial charge on any atom is -0.485 e. The first-order valence-corrected chi connectivity index (χ1v) is 11.8. The number of carbonyl (C=O) groups is 1. The van der Waals surface area contributed by atoms with Gasteiger partial charge in [0.05, 0.1) is 10.8 Å². The molecule has 166 valence electrons. The van der Waals surface area contributed by atoms with Crippen LogP contribution in [0.4, 0.5) is 0 Å². The number of aromatic nitrogens is 3. The van der Waals surface area contributed by atoms with E-state index in [1.807, 2.05) is 59.2 Å². The van der Waals surface area contributed by atoms with Crippen molar-refractivity contribution >= 4 is 40.7 Å². The molecule has 2 heterocycles. The van der Waals surface area contributed by atoms with E-state index in [1.165, 1.54) is 11.8 Å². The molecule has 0 saturated heterocycles. The summed E-state index contributed by atoms with van der Waals surface area (Å²) in [6.07, 6.45) is -0.455. The van der Waals surface area contributed by atoms with Crippen molar-refractivity contribution in [2.45, 2.75) is 11.3 Å². The van der Waals surface area contributed by atoms with Crippen molar-refractivity contribution < 1.29 is 14.3 Å². The maximum Gasteiger partial charge on any atom is 0.196 e. The molecule has 1 aromatic heterocycles. The summed E-state index contributed by atoms with van der Waals surface area (Å²) < 4.78 is 13.9. The van der Waals surface area contributed by atoms with Gasteiger partial charge in [0.1, 0.15) is 6.61 Å². The number of ether oxygens (including phenoxy) is 2. The molecule has 33 heavy (non-hydrogen) atoms. The number of hydrogen-bond acceptors (Lipinski definition) is 6. The summed E-state index contributed by atoms with van der Waals surface area (Å²) in [7, 11) is 0. The highest BCUT2D eigenvalue weighted by Crippen LogP contribution is 2.37. The fourth-order valence-corrected chi connectivity index (χ4v) is 4.83. The van der Waals surface area contributed by atoms with Crippen LogP contribution in [0.25, 0.3) is 5.69 Å². The normalized spacial score (nSPS) is 14.8. The van der Waals surface area contributed by atoms with Gasteiger partial charge in [-0.05, 0) is 42.5 Å². The molecule has 0 saturated carbocycles. The van der Waals surface area contributed by atoms with Crippen LogP contribution in [0.2, 0.25) is 10.0 Å². The quantitative estimate of drug-likeness (QED) is 0.238. The first-order chi connectivity index (χ1) is 16.1. The van der Waals surface area contributed by atoms with E-state index in [0.717, 1.165) is 5.69 Å². The molecule has 0 bridgehead atoms. The van der Waals surface area contributed by atoms with Crippen molar-refractivity contribution in [2.24, 2.45) is 0 Å². The molecule has 6 nitrogen and oxygen atoms in total.